The van der Waals surface area contributed by atoms with Gasteiger partial charge in [0.1, 0.15) is 0 Å². The minimum absolute atomic E-state index is 0.380. The Hall–Kier alpha value is -0.570. The van der Waals surface area contributed by atoms with Crippen molar-refractivity contribution in [2.45, 2.75) is 37.6 Å². The van der Waals surface area contributed by atoms with Crippen molar-refractivity contribution >= 4 is 5.71 Å². The van der Waals surface area contributed by atoms with E-state index in [2.05, 4.69) is 17.5 Å². The molecule has 0 heterocycles. The Morgan fingerprint density at radius 1 is 1.29 bits per heavy atom. The summed E-state index contributed by atoms with van der Waals surface area (Å²) in [5, 5.41) is 16.1. The van der Waals surface area contributed by atoms with Crippen LogP contribution in [0.4, 0.5) is 0 Å². The van der Waals surface area contributed by atoms with Crippen LogP contribution in [0, 0.1) is 17.8 Å². The zero-order valence-corrected chi connectivity index (χ0v) is 8.66. The van der Waals surface area contributed by atoms with Crippen molar-refractivity contribution in [3.05, 3.63) is 0 Å². The predicted octanol–water partition coefficient (Wildman–Crippen LogP) is 1.61. The van der Waals surface area contributed by atoms with Crippen molar-refractivity contribution in [2.75, 3.05) is 7.05 Å². The van der Waals surface area contributed by atoms with E-state index < -0.39 is 0 Å². The van der Waals surface area contributed by atoms with Gasteiger partial charge in [0, 0.05) is 17.4 Å². The summed E-state index contributed by atoms with van der Waals surface area (Å²) >= 11 is 0. The second-order valence-electron chi connectivity index (χ2n) is 5.40. The van der Waals surface area contributed by atoms with Gasteiger partial charge in [-0.2, -0.15) is 0 Å². The molecule has 0 radical (unpaired) electrons. The average Bonchev–Trinajstić information content (AvgIpc) is 2.17. The van der Waals surface area contributed by atoms with Crippen LogP contribution in [0.2, 0.25) is 0 Å². The van der Waals surface area contributed by atoms with E-state index in [1.807, 2.05) is 0 Å². The summed E-state index contributed by atoms with van der Waals surface area (Å²) < 4.78 is 0. The molecule has 0 spiro atoms. The fraction of sp³-hybridized carbons (Fsp3) is 0.909. The van der Waals surface area contributed by atoms with E-state index in [-0.39, 0.29) is 0 Å². The monoisotopic (exact) mass is 194 g/mol. The maximum atomic E-state index is 9.02. The standard InChI is InChI=1S/C11H18N2O/c1-12-11-4-7-2-8(5-11)10(13-14)9(3-7)6-11/h7-9,12,14H,2-6H2,1H3. The molecule has 0 aromatic heterocycles. The van der Waals surface area contributed by atoms with E-state index in [1.54, 1.807) is 0 Å². The van der Waals surface area contributed by atoms with E-state index in [4.69, 9.17) is 5.21 Å². The molecular formula is C11H18N2O. The van der Waals surface area contributed by atoms with Gasteiger partial charge < -0.3 is 10.5 Å². The van der Waals surface area contributed by atoms with Crippen molar-refractivity contribution in [3.63, 3.8) is 0 Å². The lowest BCUT2D eigenvalue weighted by Gasteiger charge is -2.56. The van der Waals surface area contributed by atoms with Gasteiger partial charge in [0.05, 0.1) is 5.71 Å². The fourth-order valence-corrected chi connectivity index (χ4v) is 4.23. The average molecular weight is 194 g/mol. The maximum Gasteiger partial charge on any atom is 0.0634 e. The SMILES string of the molecule is CNC12CC3CC(C1)C(=NO)C(C3)C2. The molecule has 0 aliphatic heterocycles. The molecule has 2 unspecified atom stereocenters. The second-order valence-corrected chi connectivity index (χ2v) is 5.40. The quantitative estimate of drug-likeness (QED) is 0.492. The van der Waals surface area contributed by atoms with Crippen LogP contribution in [-0.2, 0) is 0 Å². The van der Waals surface area contributed by atoms with Crippen LogP contribution >= 0.6 is 0 Å². The smallest absolute Gasteiger partial charge is 0.0634 e. The molecule has 4 aliphatic rings. The number of rotatable bonds is 1. The largest absolute Gasteiger partial charge is 0.411 e. The van der Waals surface area contributed by atoms with Gasteiger partial charge in [-0.1, -0.05) is 5.16 Å². The van der Waals surface area contributed by atoms with Crippen LogP contribution < -0.4 is 5.32 Å². The summed E-state index contributed by atoms with van der Waals surface area (Å²) in [5.41, 5.74) is 1.48. The Balaban J connectivity index is 1.95. The van der Waals surface area contributed by atoms with Crippen molar-refractivity contribution in [1.82, 2.24) is 5.32 Å². The van der Waals surface area contributed by atoms with Gasteiger partial charge in [-0.05, 0) is 45.1 Å². The van der Waals surface area contributed by atoms with Crippen LogP contribution in [0.3, 0.4) is 0 Å². The Kier molecular flexibility index (Phi) is 1.69. The Labute approximate surface area is 84.6 Å². The summed E-state index contributed by atoms with van der Waals surface area (Å²) in [6.45, 7) is 0. The number of nitrogens with zero attached hydrogens (tertiary/aromatic N) is 1. The van der Waals surface area contributed by atoms with Gasteiger partial charge in [-0.3, -0.25) is 0 Å². The normalized spacial score (nSPS) is 49.8. The highest BCUT2D eigenvalue weighted by atomic mass is 16.4. The topological polar surface area (TPSA) is 44.6 Å². The predicted molar refractivity (Wildman–Crippen MR) is 54.6 cm³/mol. The van der Waals surface area contributed by atoms with Gasteiger partial charge in [-0.15, -0.1) is 0 Å². The van der Waals surface area contributed by atoms with Crippen LogP contribution in [0.5, 0.6) is 0 Å². The van der Waals surface area contributed by atoms with Crippen molar-refractivity contribution in [2.24, 2.45) is 22.9 Å². The molecule has 78 valence electrons. The molecule has 4 saturated carbocycles. The van der Waals surface area contributed by atoms with Gasteiger partial charge in [-0.25, -0.2) is 0 Å². The molecule has 2 N–H and O–H groups in total. The summed E-state index contributed by atoms with van der Waals surface area (Å²) in [4.78, 5) is 0. The lowest BCUT2D eigenvalue weighted by molar-refractivity contribution is 0.0551. The minimum atomic E-state index is 0.380. The summed E-state index contributed by atoms with van der Waals surface area (Å²) in [7, 11) is 2.09. The number of hydrogen-bond acceptors (Lipinski definition) is 3. The van der Waals surface area contributed by atoms with E-state index in [1.165, 1.54) is 32.1 Å². The van der Waals surface area contributed by atoms with Gasteiger partial charge in [0.25, 0.3) is 0 Å². The highest BCUT2D eigenvalue weighted by molar-refractivity contribution is 5.90. The molecule has 4 bridgehead atoms. The summed E-state index contributed by atoms with van der Waals surface area (Å²) in [5.74, 6) is 2.02. The first-order valence-corrected chi connectivity index (χ1v) is 5.67. The summed E-state index contributed by atoms with van der Waals surface area (Å²) in [6.07, 6.45) is 6.25. The lowest BCUT2D eigenvalue weighted by atomic mass is 9.52. The van der Waals surface area contributed by atoms with E-state index in [0.29, 0.717) is 17.4 Å². The Morgan fingerprint density at radius 3 is 2.43 bits per heavy atom. The van der Waals surface area contributed by atoms with E-state index >= 15 is 0 Å². The van der Waals surface area contributed by atoms with Crippen LogP contribution in [0.1, 0.15) is 32.1 Å². The summed E-state index contributed by atoms with van der Waals surface area (Å²) in [6, 6.07) is 0. The number of hydrogen-bond donors (Lipinski definition) is 2. The van der Waals surface area contributed by atoms with Crippen molar-refractivity contribution in [3.8, 4) is 0 Å². The van der Waals surface area contributed by atoms with E-state index in [0.717, 1.165) is 11.6 Å². The van der Waals surface area contributed by atoms with Crippen LogP contribution in [0.25, 0.3) is 0 Å². The highest BCUT2D eigenvalue weighted by Gasteiger charge is 2.53. The molecule has 3 nitrogen and oxygen atoms in total. The molecule has 0 aromatic carbocycles. The number of oxime groups is 1. The Bertz CT molecular complexity index is 269. The molecular weight excluding hydrogens is 176 g/mol. The molecule has 0 aromatic rings. The zero-order valence-electron chi connectivity index (χ0n) is 8.66. The highest BCUT2D eigenvalue weighted by Crippen LogP contribution is 2.54. The van der Waals surface area contributed by atoms with Crippen molar-refractivity contribution < 1.29 is 5.21 Å². The molecule has 0 amide bonds. The Morgan fingerprint density at radius 2 is 1.93 bits per heavy atom. The molecule has 4 aliphatic carbocycles. The van der Waals surface area contributed by atoms with Gasteiger partial charge in [0.2, 0.25) is 0 Å². The third kappa shape index (κ3) is 0.991. The van der Waals surface area contributed by atoms with E-state index in [9.17, 15) is 0 Å². The first-order chi connectivity index (χ1) is 6.76. The minimum Gasteiger partial charge on any atom is -0.411 e. The number of nitrogens with one attached hydrogen (secondary N) is 1. The molecule has 14 heavy (non-hydrogen) atoms. The maximum absolute atomic E-state index is 9.02. The van der Waals surface area contributed by atoms with Crippen LogP contribution in [0.15, 0.2) is 5.16 Å². The first kappa shape index (κ1) is 8.72. The zero-order chi connectivity index (χ0) is 9.76. The second kappa shape index (κ2) is 2.72. The molecule has 4 rings (SSSR count). The van der Waals surface area contributed by atoms with Crippen LogP contribution in [-0.4, -0.2) is 23.5 Å². The lowest BCUT2D eigenvalue weighted by Crippen LogP contribution is -2.60. The van der Waals surface area contributed by atoms with Gasteiger partial charge in [0.15, 0.2) is 0 Å². The first-order valence-electron chi connectivity index (χ1n) is 5.67. The van der Waals surface area contributed by atoms with Gasteiger partial charge >= 0.3 is 0 Å². The molecule has 4 fully saturated rings. The third-order valence-electron chi connectivity index (χ3n) is 4.67. The third-order valence-corrected chi connectivity index (χ3v) is 4.67. The molecule has 3 heteroatoms. The van der Waals surface area contributed by atoms with Crippen molar-refractivity contribution in [1.29, 1.82) is 0 Å². The fourth-order valence-electron chi connectivity index (χ4n) is 4.23. The molecule has 0 saturated heterocycles. The molecule has 2 atom stereocenters.